The fourth-order valence-electron chi connectivity index (χ4n) is 0.593. The quantitative estimate of drug-likeness (QED) is 0.504. The Hall–Kier alpha value is -2.01. The first kappa shape index (κ1) is 8.09. The van der Waals surface area contributed by atoms with Crippen LogP contribution in [-0.4, -0.2) is 16.2 Å². The van der Waals surface area contributed by atoms with Gasteiger partial charge in [0.05, 0.1) is 0 Å². The molecule has 0 amide bonds. The number of hydrogen-bond donors (Lipinski definition) is 2. The van der Waals surface area contributed by atoms with E-state index in [2.05, 4.69) is 19.7 Å². The van der Waals surface area contributed by atoms with Gasteiger partial charge in [0, 0.05) is 6.07 Å². The summed E-state index contributed by atoms with van der Waals surface area (Å²) in [6.45, 7) is 0.0315. The summed E-state index contributed by atoms with van der Waals surface area (Å²) >= 11 is 0. The van der Waals surface area contributed by atoms with Crippen molar-refractivity contribution in [2.24, 2.45) is 5.11 Å². The molecule has 12 heavy (non-hydrogen) atoms. The minimum Gasteiger partial charge on any atom is -0.476 e. The average molecular weight is 169 g/mol. The van der Waals surface area contributed by atoms with Crippen LogP contribution in [0.25, 0.3) is 0 Å². The molecular formula is C5H5N4O3+. The molecule has 0 aromatic carbocycles. The van der Waals surface area contributed by atoms with Crippen LogP contribution in [-0.2, 0) is 6.54 Å². The molecule has 0 saturated heterocycles. The third kappa shape index (κ3) is 1.74. The van der Waals surface area contributed by atoms with Crippen LogP contribution in [0, 0.1) is 5.53 Å². The Morgan fingerprint density at radius 1 is 1.92 bits per heavy atom. The zero-order valence-electron chi connectivity index (χ0n) is 5.89. The predicted molar refractivity (Wildman–Crippen MR) is 34.4 cm³/mol. The second kappa shape index (κ2) is 3.40. The van der Waals surface area contributed by atoms with Crippen molar-refractivity contribution in [3.8, 4) is 0 Å². The van der Waals surface area contributed by atoms with E-state index < -0.39 is 5.97 Å². The maximum Gasteiger partial charge on any atom is 0.358 e. The Balaban J connectivity index is 2.77. The van der Waals surface area contributed by atoms with Gasteiger partial charge in [0.1, 0.15) is 10.6 Å². The normalized spacial score (nSPS) is 9.00. The summed E-state index contributed by atoms with van der Waals surface area (Å²) in [4.78, 5) is 13.0. The largest absolute Gasteiger partial charge is 0.476 e. The maximum atomic E-state index is 10.3. The molecule has 1 heterocycles. The van der Waals surface area contributed by atoms with Gasteiger partial charge in [-0.2, -0.15) is 0 Å². The predicted octanol–water partition coefficient (Wildman–Crippen LogP) is 0.423. The van der Waals surface area contributed by atoms with Crippen LogP contribution in [0.2, 0.25) is 0 Å². The second-order valence-electron chi connectivity index (χ2n) is 1.88. The first-order chi connectivity index (χ1) is 5.74. The van der Waals surface area contributed by atoms with Gasteiger partial charge in [-0.25, -0.2) is 4.79 Å². The van der Waals surface area contributed by atoms with Crippen LogP contribution >= 0.6 is 0 Å². The van der Waals surface area contributed by atoms with E-state index in [0.29, 0.717) is 0 Å². The summed E-state index contributed by atoms with van der Waals surface area (Å²) in [6.07, 6.45) is 0. The van der Waals surface area contributed by atoms with Crippen molar-refractivity contribution in [3.05, 3.63) is 17.5 Å². The van der Waals surface area contributed by atoms with Crippen LogP contribution < -0.4 is 4.91 Å². The first-order valence-corrected chi connectivity index (χ1v) is 2.96. The smallest absolute Gasteiger partial charge is 0.358 e. The Bertz CT molecular complexity index is 338. The summed E-state index contributed by atoms with van der Waals surface area (Å²) < 4.78 is 4.56. The van der Waals surface area contributed by atoms with E-state index in [9.17, 15) is 4.79 Å². The molecule has 0 saturated carbocycles. The highest BCUT2D eigenvalue weighted by Gasteiger charge is 2.10. The van der Waals surface area contributed by atoms with Crippen molar-refractivity contribution in [1.29, 1.82) is 5.53 Å². The van der Waals surface area contributed by atoms with Crippen LogP contribution in [0.5, 0.6) is 0 Å². The molecule has 0 aliphatic heterocycles. The van der Waals surface area contributed by atoms with Crippen LogP contribution in [0.3, 0.4) is 0 Å². The molecular weight excluding hydrogens is 164 g/mol. The van der Waals surface area contributed by atoms with Crippen LogP contribution in [0.15, 0.2) is 15.7 Å². The lowest BCUT2D eigenvalue weighted by Crippen LogP contribution is -1.94. The Morgan fingerprint density at radius 2 is 2.67 bits per heavy atom. The molecule has 0 fully saturated rings. The monoisotopic (exact) mass is 169 g/mol. The summed E-state index contributed by atoms with van der Waals surface area (Å²) in [5, 5.41) is 14.9. The number of carboxylic acids is 1. The number of nitrogens with zero attached hydrogens (tertiary/aromatic N) is 3. The highest BCUT2D eigenvalue weighted by Crippen LogP contribution is 2.03. The van der Waals surface area contributed by atoms with Gasteiger partial charge < -0.3 is 9.63 Å². The Labute approximate surface area is 66.2 Å². The summed E-state index contributed by atoms with van der Waals surface area (Å²) in [7, 11) is 0. The van der Waals surface area contributed by atoms with E-state index in [4.69, 9.17) is 10.6 Å². The lowest BCUT2D eigenvalue weighted by Gasteiger charge is -1.76. The summed E-state index contributed by atoms with van der Waals surface area (Å²) in [5.74, 6) is -0.892. The van der Waals surface area contributed by atoms with Crippen molar-refractivity contribution < 1.29 is 14.4 Å². The molecule has 0 bridgehead atoms. The third-order valence-electron chi connectivity index (χ3n) is 1.08. The van der Waals surface area contributed by atoms with E-state index in [-0.39, 0.29) is 18.0 Å². The minimum absolute atomic E-state index is 0.0315. The van der Waals surface area contributed by atoms with Crippen LogP contribution in [0.4, 0.5) is 0 Å². The molecule has 2 N–H and O–H groups in total. The van der Waals surface area contributed by atoms with E-state index in [1.54, 1.807) is 0 Å². The van der Waals surface area contributed by atoms with Gasteiger partial charge in [-0.05, 0) is 0 Å². The van der Waals surface area contributed by atoms with Crippen molar-refractivity contribution in [2.75, 3.05) is 0 Å². The molecule has 7 nitrogen and oxygen atoms in total. The molecule has 62 valence electrons. The van der Waals surface area contributed by atoms with E-state index in [1.807, 2.05) is 0 Å². The SMILES string of the molecule is N=[N+]=NCc1cc(C(=O)O)no1. The number of rotatable bonds is 3. The van der Waals surface area contributed by atoms with E-state index >= 15 is 0 Å². The van der Waals surface area contributed by atoms with Crippen LogP contribution in [0.1, 0.15) is 16.2 Å². The molecule has 1 aromatic rings. The number of hydrogen-bond acceptors (Lipinski definition) is 5. The van der Waals surface area contributed by atoms with Crippen molar-refractivity contribution in [1.82, 2.24) is 10.1 Å². The van der Waals surface area contributed by atoms with Gasteiger partial charge >= 0.3 is 5.97 Å². The van der Waals surface area contributed by atoms with Gasteiger partial charge in [0.15, 0.2) is 18.0 Å². The number of nitrogens with one attached hydrogen (secondary N) is 1. The summed E-state index contributed by atoms with van der Waals surface area (Å²) in [5.41, 5.74) is 6.15. The first-order valence-electron chi connectivity index (χ1n) is 2.96. The van der Waals surface area contributed by atoms with Gasteiger partial charge in [0.2, 0.25) is 4.91 Å². The zero-order chi connectivity index (χ0) is 8.97. The van der Waals surface area contributed by atoms with E-state index in [0.717, 1.165) is 0 Å². The average Bonchev–Trinajstić information content (AvgIpc) is 2.48. The highest BCUT2D eigenvalue weighted by atomic mass is 16.5. The van der Waals surface area contributed by atoms with Gasteiger partial charge in [-0.15, -0.1) is 0 Å². The second-order valence-corrected chi connectivity index (χ2v) is 1.88. The molecule has 1 aromatic heterocycles. The van der Waals surface area contributed by atoms with Gasteiger partial charge in [-0.3, -0.25) is 0 Å². The molecule has 0 aliphatic rings. The fraction of sp³-hybridized carbons (Fsp3) is 0.200. The van der Waals surface area contributed by atoms with Crippen molar-refractivity contribution in [2.45, 2.75) is 6.54 Å². The molecule has 0 radical (unpaired) electrons. The molecule has 0 atom stereocenters. The third-order valence-corrected chi connectivity index (χ3v) is 1.08. The number of carbonyl (C=O) groups is 1. The standard InChI is InChI=1S/C5H4N4O3/c6-9-7-2-3-1-4(5(10)11)8-12-3/h1,6H,2H2/p+1. The molecule has 0 unspecified atom stereocenters. The number of aromatic carboxylic acids is 1. The Morgan fingerprint density at radius 3 is 3.17 bits per heavy atom. The lowest BCUT2D eigenvalue weighted by atomic mass is 10.4. The minimum atomic E-state index is -1.16. The summed E-state index contributed by atoms with van der Waals surface area (Å²) in [6, 6.07) is 1.23. The van der Waals surface area contributed by atoms with Crippen molar-refractivity contribution >= 4 is 5.97 Å². The Kier molecular flexibility index (Phi) is 2.29. The zero-order valence-corrected chi connectivity index (χ0v) is 5.89. The highest BCUT2D eigenvalue weighted by molar-refractivity contribution is 5.85. The van der Waals surface area contributed by atoms with Gasteiger partial charge in [-0.1, -0.05) is 5.16 Å². The molecule has 0 spiro atoms. The number of carboxylic acid groups (broad SMARTS) is 1. The maximum absolute atomic E-state index is 10.3. The lowest BCUT2D eigenvalue weighted by molar-refractivity contribution is 0.0685. The molecule has 1 rings (SSSR count). The molecule has 0 aliphatic carbocycles. The van der Waals surface area contributed by atoms with Crippen molar-refractivity contribution in [3.63, 3.8) is 0 Å². The van der Waals surface area contributed by atoms with E-state index in [1.165, 1.54) is 6.07 Å². The van der Waals surface area contributed by atoms with Gasteiger partial charge in [0.25, 0.3) is 0 Å². The fourth-order valence-corrected chi connectivity index (χ4v) is 0.593. The topological polar surface area (TPSA) is 114 Å². The number of aromatic nitrogens is 1. The molecule has 7 heteroatoms.